The summed E-state index contributed by atoms with van der Waals surface area (Å²) in [6.45, 7) is 13.6. The Bertz CT molecular complexity index is 7080. The molecule has 3 aromatic heterocycles. The molecule has 116 heavy (non-hydrogen) atoms. The second kappa shape index (κ2) is 26.7. The van der Waals surface area contributed by atoms with Crippen LogP contribution in [-0.2, 0) is 10.8 Å². The van der Waals surface area contributed by atoms with Crippen molar-refractivity contribution < 1.29 is 0 Å². The summed E-state index contributed by atoms with van der Waals surface area (Å²) in [5.41, 5.74) is 36.6. The number of rotatable bonds is 12. The number of hydrogen-bond acceptors (Lipinski definition) is 3. The summed E-state index contributed by atoms with van der Waals surface area (Å²) in [6, 6.07) is 147. The standard InChI is InChI=1S/C110H82BN5/c1-109(2,3)83-46-50-86(51-47-83)112(87-52-48-84(49-53-87)110(4,5)6)88-54-56-98-104(70-88)115(90-63-80(73-31-16-9-17-32-73)60-81(64-90)74-33-18-10-19-34-74)106-69-82(76-45-58-102-96(66-76)94-40-26-39-93-91-37-22-25-42-100(91)116(102)108(93)94)68-105-107(106)111(98)97-55-43-77(75-44-57-101-95(65-75)92-38-23-24-41-99(92)113(101)85-35-20-11-21-36-85)67-103(97)114(105)89-61-78(71-27-12-7-13-28-71)59-79(62-89)72-29-14-8-15-30-72/h7-70H,1-6H3. The minimum atomic E-state index is -0.264. The Labute approximate surface area is 677 Å². The lowest BCUT2D eigenvalue weighted by Gasteiger charge is -2.45. The van der Waals surface area contributed by atoms with E-state index in [1.807, 2.05) is 0 Å². The van der Waals surface area contributed by atoms with Crippen LogP contribution >= 0.6 is 0 Å². The van der Waals surface area contributed by atoms with Crippen molar-refractivity contribution in [2.75, 3.05) is 14.7 Å². The normalized spacial score (nSPS) is 12.7. The number of para-hydroxylation sites is 4. The van der Waals surface area contributed by atoms with Crippen molar-refractivity contribution in [2.45, 2.75) is 52.4 Å². The zero-order valence-electron chi connectivity index (χ0n) is 65.8. The molecular weight excluding hydrogens is 1400 g/mol. The second-order valence-corrected chi connectivity index (χ2v) is 33.7. The number of fused-ring (bicyclic) bond motifs is 13. The lowest BCUT2D eigenvalue weighted by atomic mass is 9.33. The highest BCUT2D eigenvalue weighted by Crippen LogP contribution is 2.52. The molecule has 0 saturated heterocycles. The number of hydrogen-bond donors (Lipinski definition) is 0. The summed E-state index contributed by atoms with van der Waals surface area (Å²) in [5, 5.41) is 7.42. The third kappa shape index (κ3) is 11.3. The van der Waals surface area contributed by atoms with E-state index in [1.165, 1.54) is 87.4 Å². The molecule has 20 aromatic rings. The van der Waals surface area contributed by atoms with Gasteiger partial charge >= 0.3 is 0 Å². The van der Waals surface area contributed by atoms with Crippen LogP contribution in [0.4, 0.5) is 51.2 Å². The van der Waals surface area contributed by atoms with Gasteiger partial charge in [0.1, 0.15) is 0 Å². The van der Waals surface area contributed by atoms with Crippen LogP contribution < -0.4 is 31.1 Å². The van der Waals surface area contributed by atoms with E-state index < -0.39 is 0 Å². The molecule has 5 heterocycles. The first-order valence-electron chi connectivity index (χ1n) is 40.6. The van der Waals surface area contributed by atoms with Gasteiger partial charge in [0.25, 0.3) is 6.71 Å². The van der Waals surface area contributed by atoms with Gasteiger partial charge in [0.2, 0.25) is 0 Å². The lowest BCUT2D eigenvalue weighted by Crippen LogP contribution is -2.61. The molecule has 2 aliphatic rings. The maximum atomic E-state index is 2.65. The predicted molar refractivity (Wildman–Crippen MR) is 494 cm³/mol. The van der Waals surface area contributed by atoms with Gasteiger partial charge in [-0.3, -0.25) is 0 Å². The Balaban J connectivity index is 0.865. The van der Waals surface area contributed by atoms with E-state index in [0.29, 0.717) is 0 Å². The molecule has 0 atom stereocenters. The monoisotopic (exact) mass is 1480 g/mol. The van der Waals surface area contributed by atoms with Crippen LogP contribution in [0.1, 0.15) is 52.7 Å². The van der Waals surface area contributed by atoms with Crippen molar-refractivity contribution in [1.82, 2.24) is 8.97 Å². The van der Waals surface area contributed by atoms with Gasteiger partial charge in [0.05, 0.1) is 27.6 Å². The Kier molecular flexibility index (Phi) is 15.8. The van der Waals surface area contributed by atoms with Crippen LogP contribution in [0.25, 0.3) is 132 Å². The zero-order valence-corrected chi connectivity index (χ0v) is 65.8. The summed E-state index contributed by atoms with van der Waals surface area (Å²) >= 11 is 0. The largest absolute Gasteiger partial charge is 0.311 e. The summed E-state index contributed by atoms with van der Waals surface area (Å²) in [6.07, 6.45) is 0. The van der Waals surface area contributed by atoms with Gasteiger partial charge in [-0.1, -0.05) is 290 Å². The Morgan fingerprint density at radius 2 is 0.586 bits per heavy atom. The molecular formula is C110H82BN5. The summed E-state index contributed by atoms with van der Waals surface area (Å²) in [4.78, 5) is 7.79. The molecule has 0 radical (unpaired) electrons. The lowest BCUT2D eigenvalue weighted by molar-refractivity contribution is 0.590. The molecule has 0 fully saturated rings. The van der Waals surface area contributed by atoms with E-state index in [4.69, 9.17) is 0 Å². The van der Waals surface area contributed by atoms with Gasteiger partial charge in [-0.25, -0.2) is 0 Å². The molecule has 550 valence electrons. The fourth-order valence-electron chi connectivity index (χ4n) is 19.0. The Morgan fingerprint density at radius 1 is 0.233 bits per heavy atom. The topological polar surface area (TPSA) is 19.1 Å². The van der Waals surface area contributed by atoms with Crippen LogP contribution in [0.2, 0.25) is 0 Å². The van der Waals surface area contributed by atoms with Gasteiger partial charge in [-0.2, -0.15) is 0 Å². The van der Waals surface area contributed by atoms with E-state index in [9.17, 15) is 0 Å². The Hall–Kier alpha value is -14.2. The summed E-state index contributed by atoms with van der Waals surface area (Å²) in [7, 11) is 0. The third-order valence-corrected chi connectivity index (χ3v) is 24.7. The molecule has 5 nitrogen and oxygen atoms in total. The average Bonchev–Trinajstić information content (AvgIpc) is 1.23. The maximum Gasteiger partial charge on any atom is 0.252 e. The van der Waals surface area contributed by atoms with E-state index in [1.54, 1.807) is 0 Å². The average molecular weight is 1480 g/mol. The van der Waals surface area contributed by atoms with Crippen molar-refractivity contribution >= 4 is 134 Å². The van der Waals surface area contributed by atoms with Gasteiger partial charge in [-0.05, 0) is 245 Å². The summed E-state index contributed by atoms with van der Waals surface area (Å²) < 4.78 is 4.92. The fraction of sp³-hybridized carbons (Fsp3) is 0.0727. The molecule has 17 aromatic carbocycles. The van der Waals surface area contributed by atoms with Crippen molar-refractivity contribution in [3.8, 4) is 72.4 Å². The van der Waals surface area contributed by atoms with Gasteiger partial charge in [0, 0.05) is 89.2 Å². The van der Waals surface area contributed by atoms with E-state index in [0.717, 1.165) is 124 Å². The number of anilines is 9. The fourth-order valence-corrected chi connectivity index (χ4v) is 19.0. The first-order chi connectivity index (χ1) is 56.8. The number of aromatic nitrogens is 2. The molecule has 0 N–H and O–H groups in total. The van der Waals surface area contributed by atoms with E-state index in [2.05, 4.69) is 453 Å². The SMILES string of the molecule is CC(C)(C)c1ccc(N(c2ccc(C(C)(C)C)cc2)c2ccc3c(c2)N(c2cc(-c4ccccc4)cc(-c4ccccc4)c2)c2cc(-c4ccc5c(c4)c4cccc6c7ccccc7n5c64)cc4c2B3c2ccc(-c3ccc5c(c3)c3ccccc3n5-c3ccccc3)cc2N4c2cc(-c3ccccc3)cc(-c3ccccc3)c2)cc1. The first kappa shape index (κ1) is 68.6. The first-order valence-corrected chi connectivity index (χ1v) is 40.6. The quantitative estimate of drug-likeness (QED) is 0.114. The van der Waals surface area contributed by atoms with Gasteiger partial charge in [0.15, 0.2) is 0 Å². The number of nitrogens with zero attached hydrogens (tertiary/aromatic N) is 5. The zero-order chi connectivity index (χ0) is 77.7. The maximum absolute atomic E-state index is 2.65. The van der Waals surface area contributed by atoms with Crippen molar-refractivity contribution in [3.63, 3.8) is 0 Å². The molecule has 0 saturated carbocycles. The number of benzene rings is 17. The van der Waals surface area contributed by atoms with Crippen LogP contribution in [0.3, 0.4) is 0 Å². The molecule has 22 rings (SSSR count). The van der Waals surface area contributed by atoms with E-state index in [-0.39, 0.29) is 17.5 Å². The van der Waals surface area contributed by atoms with Crippen LogP contribution in [0.15, 0.2) is 388 Å². The minimum Gasteiger partial charge on any atom is -0.311 e. The van der Waals surface area contributed by atoms with Crippen LogP contribution in [0, 0.1) is 0 Å². The Morgan fingerprint density at radius 3 is 1.09 bits per heavy atom. The highest BCUT2D eigenvalue weighted by atomic mass is 15.2. The highest BCUT2D eigenvalue weighted by molar-refractivity contribution is 7.00. The van der Waals surface area contributed by atoms with Gasteiger partial charge in [-0.15, -0.1) is 0 Å². The van der Waals surface area contributed by atoms with Crippen molar-refractivity contribution in [2.24, 2.45) is 0 Å². The second-order valence-electron chi connectivity index (χ2n) is 33.7. The molecule has 2 aliphatic heterocycles. The predicted octanol–water partition coefficient (Wildman–Crippen LogP) is 28.1. The van der Waals surface area contributed by atoms with Crippen molar-refractivity contribution in [3.05, 3.63) is 399 Å². The molecule has 0 unspecified atom stereocenters. The van der Waals surface area contributed by atoms with Crippen LogP contribution in [0.5, 0.6) is 0 Å². The summed E-state index contributed by atoms with van der Waals surface area (Å²) in [5.74, 6) is 0. The molecule has 6 heteroatoms. The molecule has 0 spiro atoms. The minimum absolute atomic E-state index is 0.0457. The molecule has 0 bridgehead atoms. The van der Waals surface area contributed by atoms with Crippen molar-refractivity contribution in [1.29, 1.82) is 0 Å². The molecule has 0 aliphatic carbocycles. The molecule has 0 amide bonds. The van der Waals surface area contributed by atoms with Crippen LogP contribution in [-0.4, -0.2) is 15.7 Å². The van der Waals surface area contributed by atoms with Gasteiger partial charge < -0.3 is 23.7 Å². The third-order valence-electron chi connectivity index (χ3n) is 24.7. The van der Waals surface area contributed by atoms with E-state index >= 15 is 0 Å². The highest BCUT2D eigenvalue weighted by Gasteiger charge is 2.45. The smallest absolute Gasteiger partial charge is 0.252 e.